The molecule has 98 valence electrons. The summed E-state index contributed by atoms with van der Waals surface area (Å²) in [5, 5.41) is 12.6. The third-order valence-electron chi connectivity index (χ3n) is 3.46. The first-order chi connectivity index (χ1) is 8.11. The lowest BCUT2D eigenvalue weighted by Crippen LogP contribution is -2.40. The van der Waals surface area contributed by atoms with Crippen molar-refractivity contribution in [1.82, 2.24) is 10.6 Å². The van der Waals surface area contributed by atoms with Crippen molar-refractivity contribution in [1.29, 1.82) is 5.41 Å². The Morgan fingerprint density at radius 2 is 2.00 bits per heavy atom. The van der Waals surface area contributed by atoms with E-state index in [1.165, 1.54) is 19.3 Å². The molecule has 0 bridgehead atoms. The van der Waals surface area contributed by atoms with E-state index in [4.69, 9.17) is 11.1 Å². The molecule has 1 aliphatic carbocycles. The molecule has 0 unspecified atom stereocenters. The fourth-order valence-electron chi connectivity index (χ4n) is 2.33. The van der Waals surface area contributed by atoms with E-state index in [-0.39, 0.29) is 11.9 Å². The highest BCUT2D eigenvalue weighted by Crippen LogP contribution is 2.26. The quantitative estimate of drug-likeness (QED) is 0.426. The van der Waals surface area contributed by atoms with Crippen LogP contribution in [-0.2, 0) is 4.79 Å². The van der Waals surface area contributed by atoms with E-state index in [0.717, 1.165) is 18.8 Å². The van der Waals surface area contributed by atoms with E-state index >= 15 is 0 Å². The molecule has 5 N–H and O–H groups in total. The predicted octanol–water partition coefficient (Wildman–Crippen LogP) is 0.945. The van der Waals surface area contributed by atoms with Gasteiger partial charge in [-0.25, -0.2) is 0 Å². The van der Waals surface area contributed by atoms with E-state index in [2.05, 4.69) is 17.6 Å². The summed E-state index contributed by atoms with van der Waals surface area (Å²) in [6.45, 7) is 2.67. The molecule has 0 radical (unpaired) electrons. The molecule has 17 heavy (non-hydrogen) atoms. The van der Waals surface area contributed by atoms with Crippen LogP contribution >= 0.6 is 0 Å². The zero-order valence-corrected chi connectivity index (χ0v) is 10.6. The lowest BCUT2D eigenvalue weighted by atomic mass is 9.84. The molecule has 1 aliphatic rings. The van der Waals surface area contributed by atoms with Crippen LogP contribution in [0.25, 0.3) is 0 Å². The molecule has 0 saturated heterocycles. The Morgan fingerprint density at radius 3 is 2.53 bits per heavy atom. The number of hydrogen-bond acceptors (Lipinski definition) is 2. The van der Waals surface area contributed by atoms with E-state index in [9.17, 15) is 4.79 Å². The summed E-state index contributed by atoms with van der Waals surface area (Å²) in [5.41, 5.74) is 5.13. The van der Waals surface area contributed by atoms with Gasteiger partial charge in [-0.3, -0.25) is 10.2 Å². The highest BCUT2D eigenvalue weighted by molar-refractivity contribution is 5.78. The van der Waals surface area contributed by atoms with Gasteiger partial charge in [-0.05, 0) is 31.6 Å². The van der Waals surface area contributed by atoms with Crippen LogP contribution < -0.4 is 16.4 Å². The minimum atomic E-state index is -0.0822. The van der Waals surface area contributed by atoms with Gasteiger partial charge in [0.25, 0.3) is 0 Å². The number of carbonyl (C=O) groups is 1. The van der Waals surface area contributed by atoms with Gasteiger partial charge in [0.2, 0.25) is 5.91 Å². The summed E-state index contributed by atoms with van der Waals surface area (Å²) in [5.74, 6) is 0.822. The second-order valence-corrected chi connectivity index (χ2v) is 4.78. The van der Waals surface area contributed by atoms with Crippen molar-refractivity contribution in [2.24, 2.45) is 11.7 Å². The van der Waals surface area contributed by atoms with Gasteiger partial charge < -0.3 is 16.4 Å². The average Bonchev–Trinajstić information content (AvgIpc) is 2.29. The molecule has 1 amide bonds. The smallest absolute Gasteiger partial charge is 0.221 e. The highest BCUT2D eigenvalue weighted by atomic mass is 16.1. The molecule has 1 saturated carbocycles. The normalized spacial score (nSPS) is 24.1. The number of guanidine groups is 1. The van der Waals surface area contributed by atoms with Crippen LogP contribution in [-0.4, -0.2) is 24.5 Å². The maximum Gasteiger partial charge on any atom is 0.221 e. The first-order valence-corrected chi connectivity index (χ1v) is 6.49. The van der Waals surface area contributed by atoms with Gasteiger partial charge in [-0.2, -0.15) is 0 Å². The summed E-state index contributed by atoms with van der Waals surface area (Å²) in [7, 11) is 0. The third kappa shape index (κ3) is 5.56. The number of nitrogens with two attached hydrogens (primary N) is 1. The zero-order valence-electron chi connectivity index (χ0n) is 10.6. The Labute approximate surface area is 103 Å². The van der Waals surface area contributed by atoms with E-state index < -0.39 is 0 Å². The molecule has 5 nitrogen and oxygen atoms in total. The molecule has 0 atom stereocenters. The van der Waals surface area contributed by atoms with Crippen LogP contribution in [0.3, 0.4) is 0 Å². The lowest BCUT2D eigenvalue weighted by Gasteiger charge is -2.28. The lowest BCUT2D eigenvalue weighted by molar-refractivity contribution is -0.121. The molecule has 1 fully saturated rings. The SMILES string of the molecule is CCC1CCC(NC(=O)CCNC(=N)N)CC1. The summed E-state index contributed by atoms with van der Waals surface area (Å²) in [6.07, 6.45) is 6.30. The Morgan fingerprint density at radius 1 is 1.35 bits per heavy atom. The van der Waals surface area contributed by atoms with E-state index in [1.54, 1.807) is 0 Å². The predicted molar refractivity (Wildman–Crippen MR) is 68.7 cm³/mol. The van der Waals surface area contributed by atoms with Gasteiger partial charge in [0.05, 0.1) is 0 Å². The standard InChI is InChI=1S/C12H24N4O/c1-2-9-3-5-10(6-4-9)16-11(17)7-8-15-12(13)14/h9-10H,2-8H2,1H3,(H,16,17)(H4,13,14,15). The molecule has 0 aromatic heterocycles. The van der Waals surface area contributed by atoms with Crippen molar-refractivity contribution in [2.75, 3.05) is 6.54 Å². The highest BCUT2D eigenvalue weighted by Gasteiger charge is 2.20. The maximum atomic E-state index is 11.6. The van der Waals surface area contributed by atoms with Gasteiger partial charge in [-0.1, -0.05) is 13.3 Å². The second-order valence-electron chi connectivity index (χ2n) is 4.78. The summed E-state index contributed by atoms with van der Waals surface area (Å²) >= 11 is 0. The monoisotopic (exact) mass is 240 g/mol. The van der Waals surface area contributed by atoms with Crippen LogP contribution in [0, 0.1) is 11.3 Å². The summed E-state index contributed by atoms with van der Waals surface area (Å²) in [4.78, 5) is 11.6. The topological polar surface area (TPSA) is 91.0 Å². The summed E-state index contributed by atoms with van der Waals surface area (Å²) < 4.78 is 0. The first-order valence-electron chi connectivity index (χ1n) is 6.49. The third-order valence-corrected chi connectivity index (χ3v) is 3.46. The molecule has 1 rings (SSSR count). The Balaban J connectivity index is 2.12. The Hall–Kier alpha value is -1.26. The minimum absolute atomic E-state index is 0.0544. The van der Waals surface area contributed by atoms with Crippen LogP contribution in [0.15, 0.2) is 0 Å². The fourth-order valence-corrected chi connectivity index (χ4v) is 2.33. The molecule has 0 aromatic rings. The first kappa shape index (κ1) is 13.8. The molecule has 0 spiro atoms. The summed E-state index contributed by atoms with van der Waals surface area (Å²) in [6, 6.07) is 0.350. The average molecular weight is 240 g/mol. The van der Waals surface area contributed by atoms with Crippen LogP contribution in [0.1, 0.15) is 45.4 Å². The van der Waals surface area contributed by atoms with Crippen LogP contribution in [0.2, 0.25) is 0 Å². The van der Waals surface area contributed by atoms with Crippen molar-refractivity contribution < 1.29 is 4.79 Å². The number of hydrogen-bond donors (Lipinski definition) is 4. The molecule has 0 heterocycles. The molecule has 0 aliphatic heterocycles. The van der Waals surface area contributed by atoms with Gasteiger partial charge >= 0.3 is 0 Å². The maximum absolute atomic E-state index is 11.6. The molecular formula is C12H24N4O. The molecular weight excluding hydrogens is 216 g/mol. The fraction of sp³-hybridized carbons (Fsp3) is 0.833. The van der Waals surface area contributed by atoms with Crippen molar-refractivity contribution in [2.45, 2.75) is 51.5 Å². The van der Waals surface area contributed by atoms with Crippen molar-refractivity contribution in [3.63, 3.8) is 0 Å². The van der Waals surface area contributed by atoms with Crippen molar-refractivity contribution in [3.05, 3.63) is 0 Å². The number of amides is 1. The van der Waals surface area contributed by atoms with Crippen molar-refractivity contribution in [3.8, 4) is 0 Å². The van der Waals surface area contributed by atoms with Gasteiger partial charge in [0, 0.05) is 19.0 Å². The van der Waals surface area contributed by atoms with Gasteiger partial charge in [-0.15, -0.1) is 0 Å². The van der Waals surface area contributed by atoms with E-state index in [0.29, 0.717) is 19.0 Å². The number of carbonyl (C=O) groups excluding carboxylic acids is 1. The van der Waals surface area contributed by atoms with Crippen molar-refractivity contribution >= 4 is 11.9 Å². The number of rotatable bonds is 5. The van der Waals surface area contributed by atoms with Gasteiger partial charge in [0.1, 0.15) is 0 Å². The molecule has 5 heteroatoms. The van der Waals surface area contributed by atoms with Crippen LogP contribution in [0.4, 0.5) is 0 Å². The Kier molecular flexibility index (Phi) is 5.80. The van der Waals surface area contributed by atoms with E-state index in [1.807, 2.05) is 0 Å². The minimum Gasteiger partial charge on any atom is -0.370 e. The largest absolute Gasteiger partial charge is 0.370 e. The van der Waals surface area contributed by atoms with Crippen LogP contribution in [0.5, 0.6) is 0 Å². The second kappa shape index (κ2) is 7.14. The molecule has 0 aromatic carbocycles. The van der Waals surface area contributed by atoms with Gasteiger partial charge in [0.15, 0.2) is 5.96 Å². The number of nitrogens with one attached hydrogen (secondary N) is 3. The zero-order chi connectivity index (χ0) is 12.7. The Bertz CT molecular complexity index is 259.